The number of benzene rings is 2. The summed E-state index contributed by atoms with van der Waals surface area (Å²) < 4.78 is 14.1. The zero-order valence-electron chi connectivity index (χ0n) is 10.4. The van der Waals surface area contributed by atoms with Crippen LogP contribution in [0.2, 0.25) is 0 Å². The normalized spacial score (nSPS) is 10.3. The molecule has 2 aromatic carbocycles. The molecule has 0 spiro atoms. The molecule has 104 valence electrons. The lowest BCUT2D eigenvalue weighted by atomic mass is 10.3. The van der Waals surface area contributed by atoms with Crippen LogP contribution in [0.3, 0.4) is 0 Å². The highest BCUT2D eigenvalue weighted by atomic mass is 79.9. The first-order valence-corrected chi connectivity index (χ1v) is 7.55. The number of hydrogen-bond acceptors (Lipinski definition) is 3. The van der Waals surface area contributed by atoms with Gasteiger partial charge in [-0.25, -0.2) is 4.39 Å². The van der Waals surface area contributed by atoms with Crippen molar-refractivity contribution in [3.8, 4) is 0 Å². The zero-order chi connectivity index (χ0) is 14.5. The van der Waals surface area contributed by atoms with Crippen molar-refractivity contribution in [3.63, 3.8) is 0 Å². The minimum Gasteiger partial charge on any atom is -0.399 e. The molecule has 0 atom stereocenters. The molecule has 6 heteroatoms. The van der Waals surface area contributed by atoms with Gasteiger partial charge in [-0.05, 0) is 42.5 Å². The van der Waals surface area contributed by atoms with Crippen LogP contribution in [-0.4, -0.2) is 11.7 Å². The Morgan fingerprint density at radius 1 is 1.25 bits per heavy atom. The molecule has 2 aromatic rings. The van der Waals surface area contributed by atoms with Gasteiger partial charge in [-0.1, -0.05) is 15.9 Å². The van der Waals surface area contributed by atoms with E-state index in [1.807, 2.05) is 12.1 Å². The SMILES string of the molecule is Nc1cc(F)cc(SCC(=O)Nc2ccc(Br)cc2)c1. The zero-order valence-corrected chi connectivity index (χ0v) is 12.8. The van der Waals surface area contributed by atoms with Crippen molar-refractivity contribution in [1.29, 1.82) is 0 Å². The Morgan fingerprint density at radius 2 is 1.95 bits per heavy atom. The summed E-state index contributed by atoms with van der Waals surface area (Å²) in [5.74, 6) is -0.361. The maximum absolute atomic E-state index is 13.1. The highest BCUT2D eigenvalue weighted by Crippen LogP contribution is 2.22. The molecule has 0 fully saturated rings. The average molecular weight is 355 g/mol. The molecule has 1 amide bonds. The Bertz CT molecular complexity index is 599. The molecular formula is C14H12BrFN2OS. The summed E-state index contributed by atoms with van der Waals surface area (Å²) in [5, 5.41) is 2.76. The number of rotatable bonds is 4. The van der Waals surface area contributed by atoms with Crippen LogP contribution < -0.4 is 11.1 Å². The number of nitrogens with one attached hydrogen (secondary N) is 1. The minimum atomic E-state index is -0.402. The topological polar surface area (TPSA) is 55.1 Å². The van der Waals surface area contributed by atoms with Gasteiger partial charge in [-0.3, -0.25) is 4.79 Å². The summed E-state index contributed by atoms with van der Waals surface area (Å²) in [6.07, 6.45) is 0. The monoisotopic (exact) mass is 354 g/mol. The van der Waals surface area contributed by atoms with Crippen LogP contribution in [0, 0.1) is 5.82 Å². The first kappa shape index (κ1) is 14.9. The third-order valence-electron chi connectivity index (χ3n) is 2.39. The van der Waals surface area contributed by atoms with Crippen molar-refractivity contribution in [2.75, 3.05) is 16.8 Å². The van der Waals surface area contributed by atoms with Crippen molar-refractivity contribution in [2.45, 2.75) is 4.90 Å². The second kappa shape index (κ2) is 6.76. The van der Waals surface area contributed by atoms with Gasteiger partial charge in [-0.2, -0.15) is 0 Å². The van der Waals surface area contributed by atoms with Gasteiger partial charge in [0.15, 0.2) is 0 Å². The van der Waals surface area contributed by atoms with Crippen molar-refractivity contribution >= 4 is 45.0 Å². The fourth-order valence-electron chi connectivity index (χ4n) is 1.55. The van der Waals surface area contributed by atoms with E-state index < -0.39 is 5.82 Å². The van der Waals surface area contributed by atoms with Gasteiger partial charge in [0, 0.05) is 20.7 Å². The van der Waals surface area contributed by atoms with E-state index in [2.05, 4.69) is 21.2 Å². The fourth-order valence-corrected chi connectivity index (χ4v) is 2.60. The van der Waals surface area contributed by atoms with E-state index >= 15 is 0 Å². The van der Waals surface area contributed by atoms with Crippen LogP contribution in [0.5, 0.6) is 0 Å². The smallest absolute Gasteiger partial charge is 0.234 e. The summed E-state index contributed by atoms with van der Waals surface area (Å²) in [4.78, 5) is 12.4. The molecule has 0 aliphatic heterocycles. The Kier molecular flexibility index (Phi) is 5.03. The van der Waals surface area contributed by atoms with Gasteiger partial charge in [0.25, 0.3) is 0 Å². The highest BCUT2D eigenvalue weighted by molar-refractivity contribution is 9.10. The Hall–Kier alpha value is -1.53. The third-order valence-corrected chi connectivity index (χ3v) is 3.90. The first-order chi connectivity index (χ1) is 9.52. The van der Waals surface area contributed by atoms with Crippen LogP contribution in [-0.2, 0) is 4.79 Å². The molecule has 20 heavy (non-hydrogen) atoms. The number of nitrogen functional groups attached to an aromatic ring is 1. The standard InChI is InChI=1S/C14H12BrFN2OS/c15-9-1-3-12(4-2-9)18-14(19)8-20-13-6-10(16)5-11(17)7-13/h1-7H,8,17H2,(H,18,19). The maximum Gasteiger partial charge on any atom is 0.234 e. The predicted molar refractivity (Wildman–Crippen MR) is 84.3 cm³/mol. The quantitative estimate of drug-likeness (QED) is 0.646. The number of nitrogens with two attached hydrogens (primary N) is 1. The molecule has 0 unspecified atom stereocenters. The number of thioether (sulfide) groups is 1. The van der Waals surface area contributed by atoms with Gasteiger partial charge in [0.2, 0.25) is 5.91 Å². The van der Waals surface area contributed by atoms with E-state index in [0.29, 0.717) is 10.6 Å². The van der Waals surface area contributed by atoms with E-state index in [9.17, 15) is 9.18 Å². The lowest BCUT2D eigenvalue weighted by Crippen LogP contribution is -2.13. The third kappa shape index (κ3) is 4.54. The van der Waals surface area contributed by atoms with Crippen LogP contribution in [0.25, 0.3) is 0 Å². The van der Waals surface area contributed by atoms with E-state index in [-0.39, 0.29) is 11.7 Å². The minimum absolute atomic E-state index is 0.153. The first-order valence-electron chi connectivity index (χ1n) is 5.77. The van der Waals surface area contributed by atoms with Crippen molar-refractivity contribution in [1.82, 2.24) is 0 Å². The van der Waals surface area contributed by atoms with E-state index in [0.717, 1.165) is 10.2 Å². The Labute approximate surface area is 128 Å². The number of amides is 1. The molecular weight excluding hydrogens is 343 g/mol. The van der Waals surface area contributed by atoms with Crippen LogP contribution in [0.15, 0.2) is 51.8 Å². The largest absolute Gasteiger partial charge is 0.399 e. The van der Waals surface area contributed by atoms with E-state index in [4.69, 9.17) is 5.73 Å². The lowest BCUT2D eigenvalue weighted by Gasteiger charge is -2.06. The number of halogens is 2. The van der Waals surface area contributed by atoms with E-state index in [1.54, 1.807) is 18.2 Å². The maximum atomic E-state index is 13.1. The summed E-state index contributed by atoms with van der Waals surface area (Å²) in [5.41, 5.74) is 6.61. The van der Waals surface area contributed by atoms with Gasteiger partial charge in [-0.15, -0.1) is 11.8 Å². The van der Waals surface area contributed by atoms with Crippen molar-refractivity contribution in [2.24, 2.45) is 0 Å². The molecule has 0 radical (unpaired) electrons. The Morgan fingerprint density at radius 3 is 2.60 bits per heavy atom. The van der Waals surface area contributed by atoms with Gasteiger partial charge < -0.3 is 11.1 Å². The second-order valence-corrected chi connectivity index (χ2v) is 6.03. The fraction of sp³-hybridized carbons (Fsp3) is 0.0714. The lowest BCUT2D eigenvalue weighted by molar-refractivity contribution is -0.113. The van der Waals surface area contributed by atoms with Gasteiger partial charge in [0.1, 0.15) is 5.82 Å². The molecule has 3 nitrogen and oxygen atoms in total. The molecule has 0 heterocycles. The molecule has 0 aliphatic rings. The molecule has 0 saturated heterocycles. The van der Waals surface area contributed by atoms with Crippen LogP contribution in [0.1, 0.15) is 0 Å². The van der Waals surface area contributed by atoms with Crippen molar-refractivity contribution in [3.05, 3.63) is 52.8 Å². The van der Waals surface area contributed by atoms with Crippen LogP contribution >= 0.6 is 27.7 Å². The van der Waals surface area contributed by atoms with E-state index in [1.165, 1.54) is 23.9 Å². The average Bonchev–Trinajstić information content (AvgIpc) is 2.38. The summed E-state index contributed by atoms with van der Waals surface area (Å²) >= 11 is 4.56. The summed E-state index contributed by atoms with van der Waals surface area (Å²) in [6, 6.07) is 11.5. The molecule has 0 aliphatic carbocycles. The number of carbonyl (C=O) groups is 1. The van der Waals surface area contributed by atoms with Gasteiger partial charge in [0.05, 0.1) is 5.75 Å². The van der Waals surface area contributed by atoms with Gasteiger partial charge >= 0.3 is 0 Å². The summed E-state index contributed by atoms with van der Waals surface area (Å²) in [6.45, 7) is 0. The van der Waals surface area contributed by atoms with Crippen LogP contribution in [0.4, 0.5) is 15.8 Å². The Balaban J connectivity index is 1.90. The summed E-state index contributed by atoms with van der Waals surface area (Å²) in [7, 11) is 0. The molecule has 0 bridgehead atoms. The second-order valence-electron chi connectivity index (χ2n) is 4.06. The predicted octanol–water partition coefficient (Wildman–Crippen LogP) is 3.90. The molecule has 2 rings (SSSR count). The highest BCUT2D eigenvalue weighted by Gasteiger charge is 2.05. The molecule has 0 aromatic heterocycles. The number of hydrogen-bond donors (Lipinski definition) is 2. The number of anilines is 2. The molecule has 0 saturated carbocycles. The molecule has 3 N–H and O–H groups in total. The van der Waals surface area contributed by atoms with Crippen molar-refractivity contribution < 1.29 is 9.18 Å². The number of carbonyl (C=O) groups excluding carboxylic acids is 1.